The topological polar surface area (TPSA) is 119 Å². The highest BCUT2D eigenvalue weighted by molar-refractivity contribution is 6.00. The van der Waals surface area contributed by atoms with E-state index >= 15 is 0 Å². The minimum atomic E-state index is -0.963. The van der Waals surface area contributed by atoms with Crippen LogP contribution in [0.1, 0.15) is 99.0 Å². The molecule has 45 heavy (non-hydrogen) atoms. The third-order valence-corrected chi connectivity index (χ3v) is 9.78. The van der Waals surface area contributed by atoms with Crippen LogP contribution in [-0.2, 0) is 22.7 Å². The van der Waals surface area contributed by atoms with Gasteiger partial charge in [0.15, 0.2) is 0 Å². The van der Waals surface area contributed by atoms with Gasteiger partial charge in [0.05, 0.1) is 11.2 Å². The van der Waals surface area contributed by atoms with Gasteiger partial charge in [-0.25, -0.2) is 4.79 Å². The number of hydrogen-bond acceptors (Lipinski definition) is 6. The number of aromatic carboxylic acids is 1. The number of nitrogens with zero attached hydrogens (tertiary/aromatic N) is 2. The number of carboxylic acid groups (broad SMARTS) is 1. The van der Waals surface area contributed by atoms with Gasteiger partial charge in [0.25, 0.3) is 0 Å². The fourth-order valence-corrected chi connectivity index (χ4v) is 7.06. The van der Waals surface area contributed by atoms with Crippen LogP contribution in [0.2, 0.25) is 0 Å². The maximum atomic E-state index is 13.9. The number of unbranched alkanes of at least 4 members (excludes halogenated alkanes) is 1. The lowest BCUT2D eigenvalue weighted by Crippen LogP contribution is -2.73. The van der Waals surface area contributed by atoms with E-state index in [2.05, 4.69) is 29.3 Å². The first-order chi connectivity index (χ1) is 21.2. The first-order valence-electron chi connectivity index (χ1n) is 16.3. The summed E-state index contributed by atoms with van der Waals surface area (Å²) in [7, 11) is 0. The standard InChI is InChI=1S/C35H47N3O6.ClH/c1-2-3-20-38-31(39)30(23-34(43)16-6-4-5-7-17-34)36-33(42)35(38)18-21-37(22-19-35)24-26-8-10-27(11-9-26)25-44-29-14-12-28(13-15-29)32(40)41;/h8-15,30,43H,2-7,16-25H2,1H3,(H,36,42)(H,40,41);1H/t30-;/m1./s1. The Bertz CT molecular complexity index is 1290. The van der Waals surface area contributed by atoms with Gasteiger partial charge in [-0.1, -0.05) is 63.3 Å². The van der Waals surface area contributed by atoms with Gasteiger partial charge in [-0.15, -0.1) is 12.4 Å². The molecule has 246 valence electrons. The van der Waals surface area contributed by atoms with Crippen molar-refractivity contribution in [3.63, 3.8) is 0 Å². The Morgan fingerprint density at radius 2 is 1.56 bits per heavy atom. The lowest BCUT2D eigenvalue weighted by molar-refractivity contribution is -0.163. The second kappa shape index (κ2) is 15.4. The summed E-state index contributed by atoms with van der Waals surface area (Å²) < 4.78 is 5.81. The molecule has 1 spiro atoms. The molecule has 2 aromatic rings. The Morgan fingerprint density at radius 3 is 2.16 bits per heavy atom. The van der Waals surface area contributed by atoms with Crippen LogP contribution in [0.5, 0.6) is 5.75 Å². The number of hydrogen-bond donors (Lipinski definition) is 3. The van der Waals surface area contributed by atoms with Crippen molar-refractivity contribution in [2.24, 2.45) is 0 Å². The van der Waals surface area contributed by atoms with Gasteiger partial charge in [0.1, 0.15) is 23.9 Å². The van der Waals surface area contributed by atoms with Gasteiger partial charge in [-0.05, 0) is 67.5 Å². The highest BCUT2D eigenvalue weighted by atomic mass is 35.5. The van der Waals surface area contributed by atoms with Gasteiger partial charge in [0.2, 0.25) is 11.8 Å². The van der Waals surface area contributed by atoms with Crippen LogP contribution in [0.3, 0.4) is 0 Å². The second-order valence-electron chi connectivity index (χ2n) is 13.0. The van der Waals surface area contributed by atoms with Crippen molar-refractivity contribution >= 4 is 30.2 Å². The normalized spacial score (nSPS) is 21.5. The lowest BCUT2D eigenvalue weighted by Gasteiger charge is -2.52. The third kappa shape index (κ3) is 8.37. The van der Waals surface area contributed by atoms with E-state index in [9.17, 15) is 19.5 Å². The molecule has 0 aromatic heterocycles. The molecule has 2 aliphatic heterocycles. The van der Waals surface area contributed by atoms with Crippen LogP contribution in [0, 0.1) is 0 Å². The molecule has 2 heterocycles. The molecule has 1 atom stereocenters. The number of piperazine rings is 1. The summed E-state index contributed by atoms with van der Waals surface area (Å²) in [5, 5.41) is 23.4. The number of amides is 2. The van der Waals surface area contributed by atoms with Crippen molar-refractivity contribution in [1.82, 2.24) is 15.1 Å². The molecule has 3 aliphatic rings. The number of nitrogens with one attached hydrogen (secondary N) is 1. The number of aliphatic hydroxyl groups is 1. The van der Waals surface area contributed by atoms with Gasteiger partial charge in [-0.3, -0.25) is 14.5 Å². The summed E-state index contributed by atoms with van der Waals surface area (Å²) in [5.74, 6) is -0.433. The largest absolute Gasteiger partial charge is 0.489 e. The molecule has 0 unspecified atom stereocenters. The fourth-order valence-electron chi connectivity index (χ4n) is 7.06. The maximum Gasteiger partial charge on any atom is 0.335 e. The SMILES string of the molecule is CCCCN1C(=O)[C@@H](CC2(O)CCCCCC2)NC(=O)C12CCN(Cc1ccc(COc3ccc(C(=O)O)cc3)cc1)CC2.Cl. The van der Waals surface area contributed by atoms with Crippen LogP contribution in [0.15, 0.2) is 48.5 Å². The smallest absolute Gasteiger partial charge is 0.335 e. The Kier molecular flexibility index (Phi) is 11.9. The third-order valence-electron chi connectivity index (χ3n) is 9.78. The maximum absolute atomic E-state index is 13.9. The van der Waals surface area contributed by atoms with Crippen molar-refractivity contribution < 1.29 is 29.3 Å². The summed E-state index contributed by atoms with van der Waals surface area (Å²) in [6, 6.07) is 14.0. The van der Waals surface area contributed by atoms with Gasteiger partial charge in [0, 0.05) is 32.6 Å². The molecule has 1 aliphatic carbocycles. The highest BCUT2D eigenvalue weighted by Crippen LogP contribution is 2.37. The first kappa shape index (κ1) is 34.7. The Morgan fingerprint density at radius 1 is 0.933 bits per heavy atom. The number of carboxylic acids is 1. The van der Waals surface area contributed by atoms with Crippen LogP contribution in [-0.4, -0.2) is 74.6 Å². The van der Waals surface area contributed by atoms with Gasteiger partial charge >= 0.3 is 5.97 Å². The number of piperidine rings is 1. The second-order valence-corrected chi connectivity index (χ2v) is 13.0. The Labute approximate surface area is 272 Å². The number of carbonyl (C=O) groups is 3. The van der Waals surface area contributed by atoms with E-state index in [-0.39, 0.29) is 29.8 Å². The van der Waals surface area contributed by atoms with Gasteiger partial charge < -0.3 is 25.2 Å². The number of carbonyl (C=O) groups excluding carboxylic acids is 2. The molecular formula is C35H48ClN3O6. The number of likely N-dealkylation sites (tertiary alicyclic amines) is 1. The molecule has 1 saturated carbocycles. The fraction of sp³-hybridized carbons (Fsp3) is 0.571. The minimum Gasteiger partial charge on any atom is -0.489 e. The summed E-state index contributed by atoms with van der Waals surface area (Å²) >= 11 is 0. The summed E-state index contributed by atoms with van der Waals surface area (Å²) in [6.45, 7) is 5.25. The molecular weight excluding hydrogens is 594 g/mol. The summed E-state index contributed by atoms with van der Waals surface area (Å²) in [6.07, 6.45) is 8.83. The average molecular weight is 642 g/mol. The van der Waals surface area contributed by atoms with Crippen LogP contribution < -0.4 is 10.1 Å². The molecule has 5 rings (SSSR count). The van der Waals surface area contributed by atoms with Crippen LogP contribution in [0.4, 0.5) is 0 Å². The minimum absolute atomic E-state index is 0. The monoisotopic (exact) mass is 641 g/mol. The van der Waals surface area contributed by atoms with Crippen LogP contribution in [0.25, 0.3) is 0 Å². The number of rotatable bonds is 11. The molecule has 9 nitrogen and oxygen atoms in total. The molecule has 3 fully saturated rings. The predicted octanol–water partition coefficient (Wildman–Crippen LogP) is 5.32. The zero-order chi connectivity index (χ0) is 31.2. The molecule has 2 saturated heterocycles. The quantitative estimate of drug-likeness (QED) is 0.284. The van der Waals surface area contributed by atoms with Crippen molar-refractivity contribution in [2.45, 2.75) is 108 Å². The van der Waals surface area contributed by atoms with E-state index in [1.807, 2.05) is 17.0 Å². The van der Waals surface area contributed by atoms with E-state index in [0.717, 1.165) is 63.7 Å². The molecule has 0 radical (unpaired) electrons. The van der Waals surface area contributed by atoms with E-state index in [1.54, 1.807) is 12.1 Å². The zero-order valence-electron chi connectivity index (χ0n) is 26.3. The van der Waals surface area contributed by atoms with Gasteiger partial charge in [-0.2, -0.15) is 0 Å². The Balaban J connectivity index is 0.00000461. The predicted molar refractivity (Wildman–Crippen MR) is 174 cm³/mol. The number of halogens is 1. The molecule has 2 amide bonds. The van der Waals surface area contributed by atoms with Crippen molar-refractivity contribution in [2.75, 3.05) is 19.6 Å². The first-order valence-corrected chi connectivity index (χ1v) is 16.3. The molecule has 10 heteroatoms. The molecule has 0 bridgehead atoms. The van der Waals surface area contributed by atoms with Crippen molar-refractivity contribution in [1.29, 1.82) is 0 Å². The van der Waals surface area contributed by atoms with E-state index < -0.39 is 23.2 Å². The summed E-state index contributed by atoms with van der Waals surface area (Å²) in [4.78, 5) is 42.9. The Hall–Kier alpha value is -3.14. The number of benzene rings is 2. The average Bonchev–Trinajstić information content (AvgIpc) is 3.25. The van der Waals surface area contributed by atoms with Crippen LogP contribution >= 0.6 is 12.4 Å². The number of ether oxygens (including phenoxy) is 1. The molecule has 3 N–H and O–H groups in total. The van der Waals surface area contributed by atoms with Crippen molar-refractivity contribution in [3.8, 4) is 5.75 Å². The van der Waals surface area contributed by atoms with E-state index in [0.29, 0.717) is 51.0 Å². The zero-order valence-corrected chi connectivity index (χ0v) is 27.2. The highest BCUT2D eigenvalue weighted by Gasteiger charge is 2.54. The van der Waals surface area contributed by atoms with Crippen molar-refractivity contribution in [3.05, 3.63) is 65.2 Å². The lowest BCUT2D eigenvalue weighted by atomic mass is 9.79. The molecule has 2 aromatic carbocycles. The van der Waals surface area contributed by atoms with E-state index in [1.165, 1.54) is 17.7 Å². The van der Waals surface area contributed by atoms with E-state index in [4.69, 9.17) is 9.84 Å². The summed E-state index contributed by atoms with van der Waals surface area (Å²) in [5.41, 5.74) is 0.696.